The van der Waals surface area contributed by atoms with E-state index >= 15 is 0 Å². The smallest absolute Gasteiger partial charge is 0.312 e. The van der Waals surface area contributed by atoms with Gasteiger partial charge in [0, 0.05) is 24.5 Å². The van der Waals surface area contributed by atoms with E-state index in [1.165, 1.54) is 0 Å². The van der Waals surface area contributed by atoms with Crippen molar-refractivity contribution in [3.63, 3.8) is 0 Å². The highest BCUT2D eigenvalue weighted by Crippen LogP contribution is 2.62. The lowest BCUT2D eigenvalue weighted by Crippen LogP contribution is -2.64. The Morgan fingerprint density at radius 1 is 1.06 bits per heavy atom. The zero-order chi connectivity index (χ0) is 23.1. The van der Waals surface area contributed by atoms with Gasteiger partial charge in [0.05, 0.1) is 5.41 Å². The number of nitrogens with one attached hydrogen (secondary N) is 1. The van der Waals surface area contributed by atoms with Crippen LogP contribution in [0.3, 0.4) is 0 Å². The molecule has 1 N–H and O–H groups in total. The Morgan fingerprint density at radius 2 is 1.69 bits per heavy atom. The summed E-state index contributed by atoms with van der Waals surface area (Å²) < 4.78 is 5.71. The van der Waals surface area contributed by atoms with Crippen molar-refractivity contribution in [2.45, 2.75) is 83.8 Å². The van der Waals surface area contributed by atoms with Crippen molar-refractivity contribution in [2.75, 3.05) is 6.61 Å². The molecule has 174 valence electrons. The summed E-state index contributed by atoms with van der Waals surface area (Å²) in [6.45, 7) is 7.76. The molecule has 0 aliphatic heterocycles. The second-order valence-electron chi connectivity index (χ2n) is 11.4. The highest BCUT2D eigenvalue weighted by Gasteiger charge is 2.61. The van der Waals surface area contributed by atoms with Crippen molar-refractivity contribution >= 4 is 17.8 Å². The standard InChI is InChI=1S/C26H36N2O4/c1-18(29)27-26-13-20-10-21(14-26)12-25(11-20,17-26)23(31)32-16-22(30)28(24(2,3)4)15-19-8-6-5-7-9-19/h5-9,20-21H,10-17H2,1-4H3,(H,27,29). The van der Waals surface area contributed by atoms with E-state index in [-0.39, 0.29) is 29.9 Å². The van der Waals surface area contributed by atoms with Crippen LogP contribution in [-0.2, 0) is 25.7 Å². The first-order chi connectivity index (χ1) is 15.0. The van der Waals surface area contributed by atoms with E-state index < -0.39 is 11.0 Å². The summed E-state index contributed by atoms with van der Waals surface area (Å²) in [6, 6.07) is 9.86. The fourth-order valence-electron chi connectivity index (χ4n) is 6.84. The molecular weight excluding hydrogens is 404 g/mol. The number of amides is 2. The molecule has 4 fully saturated rings. The van der Waals surface area contributed by atoms with Crippen molar-refractivity contribution in [3.05, 3.63) is 35.9 Å². The van der Waals surface area contributed by atoms with Crippen LogP contribution in [-0.4, -0.2) is 40.4 Å². The molecule has 4 bridgehead atoms. The first-order valence-corrected chi connectivity index (χ1v) is 11.8. The van der Waals surface area contributed by atoms with Gasteiger partial charge in [-0.2, -0.15) is 0 Å². The normalized spacial score (nSPS) is 30.6. The van der Waals surface area contributed by atoms with Crippen LogP contribution in [0.5, 0.6) is 0 Å². The number of ether oxygens (including phenoxy) is 1. The SMILES string of the molecule is CC(=O)NC12CC3CC(C1)CC(C(=O)OCC(=O)N(Cc1ccccc1)C(C)(C)C)(C3)C2. The van der Waals surface area contributed by atoms with Crippen LogP contribution in [0, 0.1) is 17.3 Å². The average Bonchev–Trinajstić information content (AvgIpc) is 2.68. The molecule has 4 saturated carbocycles. The Kier molecular flexibility index (Phi) is 5.84. The van der Waals surface area contributed by atoms with Gasteiger partial charge in [0.2, 0.25) is 5.91 Å². The van der Waals surface area contributed by atoms with Crippen LogP contribution >= 0.6 is 0 Å². The molecule has 0 aromatic heterocycles. The average molecular weight is 441 g/mol. The summed E-state index contributed by atoms with van der Waals surface area (Å²) in [7, 11) is 0. The van der Waals surface area contributed by atoms with Gasteiger partial charge in [-0.15, -0.1) is 0 Å². The number of carbonyl (C=O) groups is 3. The lowest BCUT2D eigenvalue weighted by atomic mass is 9.47. The monoisotopic (exact) mass is 440 g/mol. The van der Waals surface area contributed by atoms with Gasteiger partial charge >= 0.3 is 5.97 Å². The van der Waals surface area contributed by atoms with E-state index in [1.807, 2.05) is 51.1 Å². The molecule has 6 heteroatoms. The summed E-state index contributed by atoms with van der Waals surface area (Å²) in [4.78, 5) is 40.1. The van der Waals surface area contributed by atoms with Crippen molar-refractivity contribution < 1.29 is 19.1 Å². The zero-order valence-corrected chi connectivity index (χ0v) is 19.8. The van der Waals surface area contributed by atoms with Crippen LogP contribution in [0.2, 0.25) is 0 Å². The lowest BCUT2D eigenvalue weighted by Gasteiger charge is -2.60. The van der Waals surface area contributed by atoms with Gasteiger partial charge in [-0.05, 0) is 76.7 Å². The third-order valence-electron chi connectivity index (χ3n) is 7.56. The van der Waals surface area contributed by atoms with Gasteiger partial charge in [-0.25, -0.2) is 0 Å². The van der Waals surface area contributed by atoms with Gasteiger partial charge in [-0.1, -0.05) is 30.3 Å². The van der Waals surface area contributed by atoms with Crippen LogP contribution in [0.25, 0.3) is 0 Å². The second-order valence-corrected chi connectivity index (χ2v) is 11.4. The summed E-state index contributed by atoms with van der Waals surface area (Å²) in [5.74, 6) is 0.401. The molecule has 0 spiro atoms. The minimum Gasteiger partial charge on any atom is -0.455 e. The minimum absolute atomic E-state index is 0.0348. The summed E-state index contributed by atoms with van der Waals surface area (Å²) in [5, 5.41) is 3.18. The molecular formula is C26H36N2O4. The Labute approximate surface area is 191 Å². The first kappa shape index (κ1) is 22.8. The van der Waals surface area contributed by atoms with Crippen LogP contribution in [0.15, 0.2) is 30.3 Å². The number of carbonyl (C=O) groups excluding carboxylic acids is 3. The van der Waals surface area contributed by atoms with E-state index in [1.54, 1.807) is 11.8 Å². The summed E-state index contributed by atoms with van der Waals surface area (Å²) in [6.07, 6.45) is 5.28. The number of hydrogen-bond donors (Lipinski definition) is 1. The number of nitrogens with zero attached hydrogens (tertiary/aromatic N) is 1. The molecule has 32 heavy (non-hydrogen) atoms. The van der Waals surface area contributed by atoms with Crippen molar-refractivity contribution in [1.29, 1.82) is 0 Å². The fourth-order valence-corrected chi connectivity index (χ4v) is 6.84. The minimum atomic E-state index is -0.571. The third-order valence-corrected chi connectivity index (χ3v) is 7.56. The van der Waals surface area contributed by atoms with Gasteiger partial charge in [0.1, 0.15) is 0 Å². The van der Waals surface area contributed by atoms with Gasteiger partial charge in [-0.3, -0.25) is 14.4 Å². The third kappa shape index (κ3) is 4.55. The topological polar surface area (TPSA) is 75.7 Å². The maximum atomic E-state index is 13.4. The number of benzene rings is 1. The lowest BCUT2D eigenvalue weighted by molar-refractivity contribution is -0.179. The molecule has 2 amide bonds. The Balaban J connectivity index is 1.44. The van der Waals surface area contributed by atoms with Crippen LogP contribution < -0.4 is 5.32 Å². The molecule has 1 aromatic rings. The molecule has 4 aliphatic rings. The van der Waals surface area contributed by atoms with Crippen LogP contribution in [0.4, 0.5) is 0 Å². The molecule has 0 heterocycles. The zero-order valence-electron chi connectivity index (χ0n) is 19.8. The van der Waals surface area contributed by atoms with E-state index in [0.29, 0.717) is 24.8 Å². The molecule has 0 saturated heterocycles. The Morgan fingerprint density at radius 3 is 2.25 bits per heavy atom. The largest absolute Gasteiger partial charge is 0.455 e. The van der Waals surface area contributed by atoms with E-state index in [0.717, 1.165) is 37.7 Å². The maximum Gasteiger partial charge on any atom is 0.312 e. The second kappa shape index (κ2) is 8.20. The molecule has 2 unspecified atom stereocenters. The van der Waals surface area contributed by atoms with Crippen molar-refractivity contribution in [3.8, 4) is 0 Å². The van der Waals surface area contributed by atoms with Crippen molar-refractivity contribution in [1.82, 2.24) is 10.2 Å². The quantitative estimate of drug-likeness (QED) is 0.682. The van der Waals surface area contributed by atoms with E-state index in [4.69, 9.17) is 4.74 Å². The Hall–Kier alpha value is -2.37. The van der Waals surface area contributed by atoms with Crippen molar-refractivity contribution in [2.24, 2.45) is 17.3 Å². The fraction of sp³-hybridized carbons (Fsp3) is 0.654. The predicted molar refractivity (Wildman–Crippen MR) is 121 cm³/mol. The highest BCUT2D eigenvalue weighted by molar-refractivity contribution is 5.84. The molecule has 6 nitrogen and oxygen atoms in total. The number of esters is 1. The van der Waals surface area contributed by atoms with Gasteiger partial charge < -0.3 is 15.0 Å². The van der Waals surface area contributed by atoms with Gasteiger partial charge in [0.15, 0.2) is 6.61 Å². The van der Waals surface area contributed by atoms with Gasteiger partial charge in [0.25, 0.3) is 5.91 Å². The molecule has 2 atom stereocenters. The molecule has 4 aliphatic carbocycles. The highest BCUT2D eigenvalue weighted by atomic mass is 16.5. The molecule has 1 aromatic carbocycles. The van der Waals surface area contributed by atoms with E-state index in [2.05, 4.69) is 5.32 Å². The maximum absolute atomic E-state index is 13.4. The van der Waals surface area contributed by atoms with E-state index in [9.17, 15) is 14.4 Å². The number of hydrogen-bond acceptors (Lipinski definition) is 4. The predicted octanol–water partition coefficient (Wildman–Crippen LogP) is 3.83. The number of rotatable bonds is 6. The molecule has 5 rings (SSSR count). The Bertz CT molecular complexity index is 875. The summed E-state index contributed by atoms with van der Waals surface area (Å²) >= 11 is 0. The van der Waals surface area contributed by atoms with Crippen LogP contribution in [0.1, 0.15) is 71.8 Å². The summed E-state index contributed by atoms with van der Waals surface area (Å²) in [5.41, 5.74) is -0.210. The molecule has 0 radical (unpaired) electrons. The first-order valence-electron chi connectivity index (χ1n) is 11.8.